The Morgan fingerprint density at radius 3 is 2.42 bits per heavy atom. The van der Waals surface area contributed by atoms with Gasteiger partial charge in [0.15, 0.2) is 0 Å². The summed E-state index contributed by atoms with van der Waals surface area (Å²) >= 11 is 0. The molecule has 0 atom stereocenters. The van der Waals surface area contributed by atoms with Gasteiger partial charge in [0.2, 0.25) is 0 Å². The van der Waals surface area contributed by atoms with Crippen LogP contribution in [-0.4, -0.2) is 18.2 Å². The van der Waals surface area contributed by atoms with E-state index in [4.69, 9.17) is 4.74 Å². The molecule has 0 saturated heterocycles. The fraction of sp³-hybridized carbons (Fsp3) is 0.286. The number of carbonyl (C=O) groups excluding carboxylic acids is 1. The summed E-state index contributed by atoms with van der Waals surface area (Å²) in [5, 5.41) is 2.76. The lowest BCUT2D eigenvalue weighted by Crippen LogP contribution is -2.32. The van der Waals surface area contributed by atoms with Crippen LogP contribution in [0.4, 0.5) is 4.79 Å². The molecule has 0 fully saturated rings. The zero-order chi connectivity index (χ0) is 17.4. The topological polar surface area (TPSA) is 38.3 Å². The number of ether oxygens (including phenoxy) is 1. The van der Waals surface area contributed by atoms with Gasteiger partial charge >= 0.3 is 6.09 Å². The molecule has 0 aliphatic heterocycles. The maximum Gasteiger partial charge on any atom is 0.407 e. The molecule has 3 nitrogen and oxygen atoms in total. The number of hydrogen-bond acceptors (Lipinski definition) is 2. The van der Waals surface area contributed by atoms with E-state index < -0.39 is 5.60 Å². The third-order valence-electron chi connectivity index (χ3n) is 3.32. The van der Waals surface area contributed by atoms with Gasteiger partial charge in [0.05, 0.1) is 0 Å². The summed E-state index contributed by atoms with van der Waals surface area (Å²) in [6.45, 7) is 6.12. The van der Waals surface area contributed by atoms with Crippen LogP contribution in [0.2, 0.25) is 0 Å². The number of hydrogen-bond donors (Lipinski definition) is 1. The SMILES string of the molecule is CC(C)(C)OC(=O)NCCC=Cc1ccccc1-c1ccccc1. The van der Waals surface area contributed by atoms with Crippen LogP contribution >= 0.6 is 0 Å². The van der Waals surface area contributed by atoms with E-state index >= 15 is 0 Å². The minimum absolute atomic E-state index is 0.374. The number of rotatable bonds is 5. The fourth-order valence-electron chi connectivity index (χ4n) is 2.30. The molecule has 1 N–H and O–H groups in total. The molecule has 2 aromatic rings. The lowest BCUT2D eigenvalue weighted by Gasteiger charge is -2.19. The van der Waals surface area contributed by atoms with Crippen LogP contribution in [0.1, 0.15) is 32.8 Å². The highest BCUT2D eigenvalue weighted by Crippen LogP contribution is 2.24. The van der Waals surface area contributed by atoms with Crippen molar-refractivity contribution in [2.45, 2.75) is 32.8 Å². The highest BCUT2D eigenvalue weighted by Gasteiger charge is 2.15. The zero-order valence-electron chi connectivity index (χ0n) is 14.6. The third-order valence-corrected chi connectivity index (χ3v) is 3.32. The Kier molecular flexibility index (Phi) is 6.19. The Balaban J connectivity index is 1.90. The number of alkyl carbamates (subject to hydrolysis) is 1. The maximum atomic E-state index is 11.6. The normalized spacial score (nSPS) is 11.5. The number of benzene rings is 2. The van der Waals surface area contributed by atoms with Crippen molar-refractivity contribution >= 4 is 12.2 Å². The molecule has 2 rings (SSSR count). The summed E-state index contributed by atoms with van der Waals surface area (Å²) in [5.74, 6) is 0. The highest BCUT2D eigenvalue weighted by atomic mass is 16.6. The minimum atomic E-state index is -0.464. The van der Waals surface area contributed by atoms with Gasteiger partial charge in [-0.1, -0.05) is 66.7 Å². The van der Waals surface area contributed by atoms with Crippen molar-refractivity contribution in [3.63, 3.8) is 0 Å². The molecule has 24 heavy (non-hydrogen) atoms. The van der Waals surface area contributed by atoms with Gasteiger partial charge in [-0.2, -0.15) is 0 Å². The molecule has 2 aromatic carbocycles. The smallest absolute Gasteiger partial charge is 0.407 e. The first-order chi connectivity index (χ1) is 11.5. The monoisotopic (exact) mass is 323 g/mol. The summed E-state index contributed by atoms with van der Waals surface area (Å²) in [4.78, 5) is 11.6. The summed E-state index contributed by atoms with van der Waals surface area (Å²) in [7, 11) is 0. The van der Waals surface area contributed by atoms with Gasteiger partial charge in [-0.15, -0.1) is 0 Å². The van der Waals surface area contributed by atoms with Gasteiger partial charge in [0.1, 0.15) is 5.60 Å². The van der Waals surface area contributed by atoms with Crippen molar-refractivity contribution in [3.05, 3.63) is 66.2 Å². The average molecular weight is 323 g/mol. The van der Waals surface area contributed by atoms with Crippen LogP contribution < -0.4 is 5.32 Å². The largest absolute Gasteiger partial charge is 0.444 e. The molecule has 0 aromatic heterocycles. The standard InChI is InChI=1S/C21H25NO2/c1-21(2,3)24-20(23)22-16-10-9-14-18-13-7-8-15-19(18)17-11-5-4-6-12-17/h4-9,11-15H,10,16H2,1-3H3,(H,22,23). The van der Waals surface area contributed by atoms with E-state index in [0.29, 0.717) is 6.54 Å². The van der Waals surface area contributed by atoms with Gasteiger partial charge < -0.3 is 10.1 Å². The maximum absolute atomic E-state index is 11.6. The van der Waals surface area contributed by atoms with Crippen molar-refractivity contribution < 1.29 is 9.53 Å². The molecule has 0 aliphatic rings. The van der Waals surface area contributed by atoms with Gasteiger partial charge in [0.25, 0.3) is 0 Å². The van der Waals surface area contributed by atoms with E-state index in [1.807, 2.05) is 51.1 Å². The lowest BCUT2D eigenvalue weighted by atomic mass is 9.99. The Morgan fingerprint density at radius 1 is 1.04 bits per heavy atom. The van der Waals surface area contributed by atoms with Gasteiger partial charge in [-0.25, -0.2) is 4.79 Å². The van der Waals surface area contributed by atoms with Crippen LogP contribution in [0.15, 0.2) is 60.7 Å². The average Bonchev–Trinajstić information content (AvgIpc) is 2.54. The summed E-state index contributed by atoms with van der Waals surface area (Å²) in [6, 6.07) is 18.6. The Morgan fingerprint density at radius 2 is 1.71 bits per heavy atom. The van der Waals surface area contributed by atoms with Crippen LogP contribution in [0, 0.1) is 0 Å². The summed E-state index contributed by atoms with van der Waals surface area (Å²) in [6.07, 6.45) is 4.54. The molecule has 0 radical (unpaired) electrons. The van der Waals surface area contributed by atoms with Crippen molar-refractivity contribution in [2.75, 3.05) is 6.54 Å². The molecule has 3 heteroatoms. The first kappa shape index (κ1) is 17.8. The highest BCUT2D eigenvalue weighted by molar-refractivity contribution is 5.75. The van der Waals surface area contributed by atoms with Gasteiger partial charge in [-0.3, -0.25) is 0 Å². The number of nitrogens with one attached hydrogen (secondary N) is 1. The van der Waals surface area contributed by atoms with Crippen molar-refractivity contribution in [1.82, 2.24) is 5.32 Å². The molecule has 0 unspecified atom stereocenters. The molecule has 0 bridgehead atoms. The first-order valence-corrected chi connectivity index (χ1v) is 8.23. The molecule has 0 spiro atoms. The minimum Gasteiger partial charge on any atom is -0.444 e. The van der Waals surface area contributed by atoms with E-state index in [1.54, 1.807) is 0 Å². The van der Waals surface area contributed by atoms with Crippen LogP contribution in [0.5, 0.6) is 0 Å². The van der Waals surface area contributed by atoms with Crippen molar-refractivity contribution in [1.29, 1.82) is 0 Å². The molecule has 0 saturated carbocycles. The van der Waals surface area contributed by atoms with E-state index in [2.05, 4.69) is 41.7 Å². The number of amides is 1. The second kappa shape index (κ2) is 8.34. The van der Waals surface area contributed by atoms with Crippen LogP contribution in [-0.2, 0) is 4.74 Å². The number of carbonyl (C=O) groups is 1. The predicted molar refractivity (Wildman–Crippen MR) is 99.8 cm³/mol. The molecule has 126 valence electrons. The quantitative estimate of drug-likeness (QED) is 0.760. The van der Waals surface area contributed by atoms with Crippen molar-refractivity contribution in [3.8, 4) is 11.1 Å². The van der Waals surface area contributed by atoms with Gasteiger partial charge in [-0.05, 0) is 43.9 Å². The van der Waals surface area contributed by atoms with Crippen LogP contribution in [0.3, 0.4) is 0 Å². The third kappa shape index (κ3) is 5.92. The molecule has 0 aliphatic carbocycles. The molecular weight excluding hydrogens is 298 g/mol. The molecular formula is C21H25NO2. The van der Waals surface area contributed by atoms with E-state index in [1.165, 1.54) is 16.7 Å². The van der Waals surface area contributed by atoms with E-state index in [9.17, 15) is 4.79 Å². The predicted octanol–water partition coefficient (Wildman–Crippen LogP) is 5.28. The van der Waals surface area contributed by atoms with Crippen LogP contribution in [0.25, 0.3) is 17.2 Å². The fourth-order valence-corrected chi connectivity index (χ4v) is 2.30. The Labute approximate surface area is 144 Å². The Hall–Kier alpha value is -2.55. The summed E-state index contributed by atoms with van der Waals surface area (Å²) < 4.78 is 5.21. The van der Waals surface area contributed by atoms with E-state index in [0.717, 1.165) is 6.42 Å². The van der Waals surface area contributed by atoms with E-state index in [-0.39, 0.29) is 6.09 Å². The summed E-state index contributed by atoms with van der Waals surface area (Å²) in [5.41, 5.74) is 3.11. The zero-order valence-corrected chi connectivity index (χ0v) is 14.6. The lowest BCUT2D eigenvalue weighted by molar-refractivity contribution is 0.0529. The second-order valence-corrected chi connectivity index (χ2v) is 6.57. The van der Waals surface area contributed by atoms with Crippen molar-refractivity contribution in [2.24, 2.45) is 0 Å². The molecule has 1 amide bonds. The molecule has 0 heterocycles. The Bertz CT molecular complexity index is 684. The second-order valence-electron chi connectivity index (χ2n) is 6.57. The van der Waals surface area contributed by atoms with Gasteiger partial charge in [0, 0.05) is 6.54 Å². The first-order valence-electron chi connectivity index (χ1n) is 8.23.